The fraction of sp³-hybridized carbons (Fsp3) is 0.143. The van der Waals surface area contributed by atoms with E-state index in [2.05, 4.69) is 10.1 Å². The summed E-state index contributed by atoms with van der Waals surface area (Å²) in [5, 5.41) is 5.51. The highest BCUT2D eigenvalue weighted by Gasteiger charge is 2.16. The molecule has 0 radical (unpaired) electrons. The molecule has 0 bridgehead atoms. The number of aromatic nitrogens is 3. The summed E-state index contributed by atoms with van der Waals surface area (Å²) in [5.41, 5.74) is 8.95. The third-order valence-corrected chi connectivity index (χ3v) is 3.95. The number of hydrogen-bond acceptors (Lipinski definition) is 3. The summed E-state index contributed by atoms with van der Waals surface area (Å²) >= 11 is 12.4. The van der Waals surface area contributed by atoms with Crippen LogP contribution in [0.2, 0.25) is 10.0 Å². The van der Waals surface area contributed by atoms with Crippen LogP contribution in [0.5, 0.6) is 0 Å². The molecule has 6 heteroatoms. The van der Waals surface area contributed by atoms with Crippen molar-refractivity contribution in [3.8, 4) is 0 Å². The molecule has 1 unspecified atom stereocenters. The molecule has 0 aliphatic carbocycles. The summed E-state index contributed by atoms with van der Waals surface area (Å²) in [4.78, 5) is 4.10. The summed E-state index contributed by atoms with van der Waals surface area (Å²) in [6.45, 7) is 0. The molecular weight excluding hydrogens is 295 g/mol. The van der Waals surface area contributed by atoms with Crippen LogP contribution >= 0.6 is 23.2 Å². The Kier molecular flexibility index (Phi) is 3.61. The molecule has 1 aromatic carbocycles. The van der Waals surface area contributed by atoms with Gasteiger partial charge in [0.05, 0.1) is 17.9 Å². The third kappa shape index (κ3) is 2.38. The van der Waals surface area contributed by atoms with Gasteiger partial charge in [0.15, 0.2) is 0 Å². The Morgan fingerprint density at radius 3 is 2.70 bits per heavy atom. The van der Waals surface area contributed by atoms with Gasteiger partial charge in [-0.3, -0.25) is 4.98 Å². The van der Waals surface area contributed by atoms with Gasteiger partial charge in [-0.15, -0.1) is 0 Å². The summed E-state index contributed by atoms with van der Waals surface area (Å²) in [6.07, 6.45) is 7.52. The first-order valence-electron chi connectivity index (χ1n) is 6.12. The van der Waals surface area contributed by atoms with E-state index >= 15 is 0 Å². The lowest BCUT2D eigenvalue weighted by molar-refractivity contribution is 0.727. The number of hydrogen-bond donors (Lipinski definition) is 1. The van der Waals surface area contributed by atoms with Crippen LogP contribution in [0.15, 0.2) is 43.0 Å². The lowest BCUT2D eigenvalue weighted by Gasteiger charge is -2.13. The van der Waals surface area contributed by atoms with E-state index in [4.69, 9.17) is 28.9 Å². The first-order valence-corrected chi connectivity index (χ1v) is 6.88. The predicted octanol–water partition coefficient (Wildman–Crippen LogP) is 3.28. The van der Waals surface area contributed by atoms with E-state index in [1.165, 1.54) is 0 Å². The molecule has 0 aliphatic rings. The van der Waals surface area contributed by atoms with E-state index in [1.807, 2.05) is 18.2 Å². The van der Waals surface area contributed by atoms with E-state index in [9.17, 15) is 0 Å². The van der Waals surface area contributed by atoms with Crippen molar-refractivity contribution in [1.82, 2.24) is 14.6 Å². The Labute approximate surface area is 126 Å². The monoisotopic (exact) mass is 306 g/mol. The lowest BCUT2D eigenvalue weighted by Crippen LogP contribution is -2.13. The minimum Gasteiger partial charge on any atom is -0.324 e. The average molecular weight is 307 g/mol. The maximum Gasteiger partial charge on any atom is 0.0892 e. The molecule has 0 saturated heterocycles. The first kappa shape index (κ1) is 13.4. The second-order valence-electron chi connectivity index (χ2n) is 4.52. The molecule has 4 nitrogen and oxygen atoms in total. The largest absolute Gasteiger partial charge is 0.324 e. The van der Waals surface area contributed by atoms with Crippen molar-refractivity contribution in [2.75, 3.05) is 0 Å². The Hall–Kier alpha value is -1.62. The average Bonchev–Trinajstić information content (AvgIpc) is 2.87. The van der Waals surface area contributed by atoms with Crippen LogP contribution in [-0.2, 0) is 6.42 Å². The molecule has 20 heavy (non-hydrogen) atoms. The van der Waals surface area contributed by atoms with Crippen LogP contribution in [0, 0.1) is 0 Å². The van der Waals surface area contributed by atoms with Gasteiger partial charge < -0.3 is 5.73 Å². The van der Waals surface area contributed by atoms with Crippen LogP contribution in [0.25, 0.3) is 5.52 Å². The lowest BCUT2D eigenvalue weighted by atomic mass is 10.0. The molecule has 2 heterocycles. The van der Waals surface area contributed by atoms with Crippen LogP contribution < -0.4 is 5.73 Å². The van der Waals surface area contributed by atoms with Gasteiger partial charge >= 0.3 is 0 Å². The maximum atomic E-state index is 6.28. The molecule has 0 spiro atoms. The van der Waals surface area contributed by atoms with Crippen LogP contribution in [-0.4, -0.2) is 14.6 Å². The Morgan fingerprint density at radius 2 is 1.95 bits per heavy atom. The second-order valence-corrected chi connectivity index (χ2v) is 5.33. The third-order valence-electron chi connectivity index (χ3n) is 3.24. The summed E-state index contributed by atoms with van der Waals surface area (Å²) in [6, 6.07) is 5.20. The van der Waals surface area contributed by atoms with Crippen molar-refractivity contribution >= 4 is 28.7 Å². The van der Waals surface area contributed by atoms with Gasteiger partial charge in [0.25, 0.3) is 0 Å². The van der Waals surface area contributed by atoms with Crippen molar-refractivity contribution < 1.29 is 0 Å². The van der Waals surface area contributed by atoms with Crippen LogP contribution in [0.4, 0.5) is 0 Å². The molecule has 1 atom stereocenters. The SMILES string of the molecule is NC(Cc1c(Cl)cccc1Cl)c1cnn2ccncc12. The summed E-state index contributed by atoms with van der Waals surface area (Å²) < 4.78 is 1.75. The van der Waals surface area contributed by atoms with Gasteiger partial charge in [-0.05, 0) is 24.1 Å². The normalized spacial score (nSPS) is 12.8. The molecule has 0 fully saturated rings. The molecule has 0 aliphatic heterocycles. The standard InChI is InChI=1S/C14H12Cl2N4/c15-11-2-1-3-12(16)9(11)6-13(17)10-7-19-20-5-4-18-8-14(10)20/h1-5,7-8,13H,6,17H2. The van der Waals surface area contributed by atoms with E-state index in [0.717, 1.165) is 16.6 Å². The van der Waals surface area contributed by atoms with Crippen molar-refractivity contribution in [3.63, 3.8) is 0 Å². The second kappa shape index (κ2) is 5.40. The first-order chi connectivity index (χ1) is 9.66. The number of benzene rings is 1. The van der Waals surface area contributed by atoms with Gasteiger partial charge in [-0.1, -0.05) is 29.3 Å². The Bertz CT molecular complexity index is 734. The topological polar surface area (TPSA) is 56.2 Å². The summed E-state index contributed by atoms with van der Waals surface area (Å²) in [7, 11) is 0. The molecule has 2 N–H and O–H groups in total. The molecular formula is C14H12Cl2N4. The number of fused-ring (bicyclic) bond motifs is 1. The number of nitrogens with two attached hydrogens (primary N) is 1. The van der Waals surface area contributed by atoms with Crippen molar-refractivity contribution in [2.24, 2.45) is 5.73 Å². The van der Waals surface area contributed by atoms with Gasteiger partial charge in [0, 0.05) is 34.0 Å². The quantitative estimate of drug-likeness (QED) is 0.808. The summed E-state index contributed by atoms with van der Waals surface area (Å²) in [5.74, 6) is 0. The maximum absolute atomic E-state index is 6.28. The smallest absolute Gasteiger partial charge is 0.0892 e. The number of nitrogens with zero attached hydrogens (tertiary/aromatic N) is 3. The Morgan fingerprint density at radius 1 is 1.20 bits per heavy atom. The Balaban J connectivity index is 1.95. The predicted molar refractivity (Wildman–Crippen MR) is 80.1 cm³/mol. The molecule has 2 aromatic heterocycles. The van der Waals surface area contributed by atoms with E-state index < -0.39 is 0 Å². The van der Waals surface area contributed by atoms with Gasteiger partial charge in [0.2, 0.25) is 0 Å². The van der Waals surface area contributed by atoms with Crippen molar-refractivity contribution in [1.29, 1.82) is 0 Å². The van der Waals surface area contributed by atoms with Gasteiger partial charge in [0.1, 0.15) is 0 Å². The van der Waals surface area contributed by atoms with E-state index in [1.54, 1.807) is 29.3 Å². The van der Waals surface area contributed by atoms with Crippen LogP contribution in [0.1, 0.15) is 17.2 Å². The zero-order valence-electron chi connectivity index (χ0n) is 10.5. The highest BCUT2D eigenvalue weighted by Crippen LogP contribution is 2.29. The number of rotatable bonds is 3. The number of halogens is 2. The molecule has 3 rings (SSSR count). The minimum atomic E-state index is -0.242. The minimum absolute atomic E-state index is 0.242. The zero-order valence-corrected chi connectivity index (χ0v) is 12.0. The van der Waals surface area contributed by atoms with Crippen molar-refractivity contribution in [3.05, 3.63) is 64.2 Å². The highest BCUT2D eigenvalue weighted by atomic mass is 35.5. The fourth-order valence-electron chi connectivity index (χ4n) is 2.20. The molecule has 0 amide bonds. The van der Waals surface area contributed by atoms with E-state index in [0.29, 0.717) is 16.5 Å². The van der Waals surface area contributed by atoms with E-state index in [-0.39, 0.29) is 6.04 Å². The van der Waals surface area contributed by atoms with Crippen LogP contribution in [0.3, 0.4) is 0 Å². The highest BCUT2D eigenvalue weighted by molar-refractivity contribution is 6.36. The van der Waals surface area contributed by atoms with Crippen molar-refractivity contribution in [2.45, 2.75) is 12.5 Å². The fourth-order valence-corrected chi connectivity index (χ4v) is 2.75. The molecule has 102 valence electrons. The molecule has 0 saturated carbocycles. The molecule has 3 aromatic rings. The van der Waals surface area contributed by atoms with Gasteiger partial charge in [-0.2, -0.15) is 5.10 Å². The zero-order chi connectivity index (χ0) is 14.1. The van der Waals surface area contributed by atoms with Gasteiger partial charge in [-0.25, -0.2) is 4.52 Å².